The number of aromatic nitrogens is 5. The van der Waals surface area contributed by atoms with Crippen molar-refractivity contribution in [3.05, 3.63) is 59.9 Å². The SMILES string of the molecule is Cc1ccc(CCNC(=O)[C@@H](C)n2nnc(-c3ccccc3)n2)cn1. The Morgan fingerprint density at radius 1 is 1.20 bits per heavy atom. The number of aryl methyl sites for hydroxylation is 1. The molecule has 0 fully saturated rings. The molecule has 0 saturated carbocycles. The number of nitrogens with one attached hydrogen (secondary N) is 1. The van der Waals surface area contributed by atoms with Gasteiger partial charge in [-0.3, -0.25) is 9.78 Å². The Labute approximate surface area is 146 Å². The highest BCUT2D eigenvalue weighted by Crippen LogP contribution is 2.13. The summed E-state index contributed by atoms with van der Waals surface area (Å²) in [6, 6.07) is 13.0. The van der Waals surface area contributed by atoms with Crippen LogP contribution in [-0.2, 0) is 11.2 Å². The quantitative estimate of drug-likeness (QED) is 0.744. The zero-order valence-corrected chi connectivity index (χ0v) is 14.3. The highest BCUT2D eigenvalue weighted by atomic mass is 16.2. The van der Waals surface area contributed by atoms with Gasteiger partial charge in [-0.15, -0.1) is 10.2 Å². The number of nitrogens with zero attached hydrogens (tertiary/aromatic N) is 5. The molecule has 1 N–H and O–H groups in total. The van der Waals surface area contributed by atoms with Crippen LogP contribution in [0.5, 0.6) is 0 Å². The zero-order chi connectivity index (χ0) is 17.6. The van der Waals surface area contributed by atoms with Gasteiger partial charge in [-0.05, 0) is 37.1 Å². The second-order valence-electron chi connectivity index (χ2n) is 5.82. The third-order valence-corrected chi connectivity index (χ3v) is 3.87. The van der Waals surface area contributed by atoms with Crippen LogP contribution in [0.2, 0.25) is 0 Å². The Balaban J connectivity index is 1.55. The van der Waals surface area contributed by atoms with Crippen molar-refractivity contribution < 1.29 is 4.79 Å². The number of amides is 1. The van der Waals surface area contributed by atoms with Crippen LogP contribution in [0.4, 0.5) is 0 Å². The average molecular weight is 336 g/mol. The van der Waals surface area contributed by atoms with E-state index in [1.807, 2.05) is 55.6 Å². The topological polar surface area (TPSA) is 85.6 Å². The number of pyridine rings is 1. The van der Waals surface area contributed by atoms with Crippen LogP contribution >= 0.6 is 0 Å². The van der Waals surface area contributed by atoms with Gasteiger partial charge in [0.25, 0.3) is 0 Å². The molecule has 0 spiro atoms. The van der Waals surface area contributed by atoms with Crippen LogP contribution in [-0.4, -0.2) is 37.6 Å². The monoisotopic (exact) mass is 336 g/mol. The van der Waals surface area contributed by atoms with E-state index >= 15 is 0 Å². The summed E-state index contributed by atoms with van der Waals surface area (Å²) in [5.74, 6) is 0.364. The van der Waals surface area contributed by atoms with Crippen LogP contribution in [0, 0.1) is 6.92 Å². The van der Waals surface area contributed by atoms with Crippen molar-refractivity contribution >= 4 is 5.91 Å². The molecule has 0 unspecified atom stereocenters. The summed E-state index contributed by atoms with van der Waals surface area (Å²) < 4.78 is 0. The molecular weight excluding hydrogens is 316 g/mol. The highest BCUT2D eigenvalue weighted by Gasteiger charge is 2.18. The first kappa shape index (κ1) is 16.8. The van der Waals surface area contributed by atoms with E-state index in [2.05, 4.69) is 25.7 Å². The lowest BCUT2D eigenvalue weighted by molar-refractivity contribution is -0.124. The highest BCUT2D eigenvalue weighted by molar-refractivity contribution is 5.79. The molecule has 7 nitrogen and oxygen atoms in total. The molecular formula is C18H20N6O. The molecule has 1 aromatic carbocycles. The van der Waals surface area contributed by atoms with Crippen LogP contribution < -0.4 is 5.32 Å². The van der Waals surface area contributed by atoms with E-state index in [0.29, 0.717) is 12.4 Å². The van der Waals surface area contributed by atoms with Crippen LogP contribution in [0.1, 0.15) is 24.2 Å². The minimum absolute atomic E-state index is 0.142. The van der Waals surface area contributed by atoms with E-state index in [1.165, 1.54) is 4.80 Å². The average Bonchev–Trinajstić information content (AvgIpc) is 3.13. The Morgan fingerprint density at radius 2 is 2.00 bits per heavy atom. The van der Waals surface area contributed by atoms with Crippen molar-refractivity contribution in [1.82, 2.24) is 30.5 Å². The first-order valence-electron chi connectivity index (χ1n) is 8.17. The lowest BCUT2D eigenvalue weighted by Gasteiger charge is -2.10. The van der Waals surface area contributed by atoms with Gasteiger partial charge in [0.15, 0.2) is 0 Å². The molecule has 128 valence electrons. The summed E-state index contributed by atoms with van der Waals surface area (Å²) in [6.07, 6.45) is 2.56. The fourth-order valence-corrected chi connectivity index (χ4v) is 2.32. The Kier molecular flexibility index (Phi) is 5.13. The molecule has 3 rings (SSSR count). The van der Waals surface area contributed by atoms with Crippen LogP contribution in [0.3, 0.4) is 0 Å². The molecule has 0 aliphatic rings. The number of tetrazole rings is 1. The zero-order valence-electron chi connectivity index (χ0n) is 14.3. The molecule has 3 aromatic rings. The fourth-order valence-electron chi connectivity index (χ4n) is 2.32. The summed E-state index contributed by atoms with van der Waals surface area (Å²) in [5, 5.41) is 15.2. The van der Waals surface area contributed by atoms with E-state index in [0.717, 1.165) is 23.2 Å². The second kappa shape index (κ2) is 7.65. The lowest BCUT2D eigenvalue weighted by Crippen LogP contribution is -2.33. The summed E-state index contributed by atoms with van der Waals surface area (Å²) in [6.45, 7) is 4.23. The van der Waals surface area contributed by atoms with Crippen molar-refractivity contribution in [2.75, 3.05) is 6.54 Å². The molecule has 1 atom stereocenters. The Hall–Kier alpha value is -3.09. The number of hydrogen-bond donors (Lipinski definition) is 1. The smallest absolute Gasteiger partial charge is 0.246 e. The molecule has 0 bridgehead atoms. The molecule has 2 aromatic heterocycles. The molecule has 0 aliphatic carbocycles. The molecule has 1 amide bonds. The molecule has 0 saturated heterocycles. The van der Waals surface area contributed by atoms with E-state index < -0.39 is 6.04 Å². The van der Waals surface area contributed by atoms with Gasteiger partial charge in [-0.1, -0.05) is 36.4 Å². The fraction of sp³-hybridized carbons (Fsp3) is 0.278. The van der Waals surface area contributed by atoms with Crippen molar-refractivity contribution in [2.24, 2.45) is 0 Å². The summed E-state index contributed by atoms with van der Waals surface area (Å²) in [4.78, 5) is 17.9. The number of carbonyl (C=O) groups excluding carboxylic acids is 1. The maximum absolute atomic E-state index is 12.3. The van der Waals surface area contributed by atoms with Gasteiger partial charge >= 0.3 is 0 Å². The van der Waals surface area contributed by atoms with Gasteiger partial charge in [0, 0.05) is 24.0 Å². The minimum Gasteiger partial charge on any atom is -0.354 e. The maximum atomic E-state index is 12.3. The largest absolute Gasteiger partial charge is 0.354 e. The predicted molar refractivity (Wildman–Crippen MR) is 93.7 cm³/mol. The minimum atomic E-state index is -0.527. The van der Waals surface area contributed by atoms with E-state index in [-0.39, 0.29) is 5.91 Å². The summed E-state index contributed by atoms with van der Waals surface area (Å²) in [5.41, 5.74) is 2.94. The van der Waals surface area contributed by atoms with Crippen molar-refractivity contribution in [1.29, 1.82) is 0 Å². The molecule has 7 heteroatoms. The van der Waals surface area contributed by atoms with Gasteiger partial charge in [-0.25, -0.2) is 0 Å². The third kappa shape index (κ3) is 4.26. The molecule has 0 aliphatic heterocycles. The van der Waals surface area contributed by atoms with Gasteiger partial charge in [0.2, 0.25) is 11.7 Å². The summed E-state index contributed by atoms with van der Waals surface area (Å²) in [7, 11) is 0. The van der Waals surface area contributed by atoms with Crippen LogP contribution in [0.15, 0.2) is 48.7 Å². The second-order valence-corrected chi connectivity index (χ2v) is 5.82. The van der Waals surface area contributed by atoms with Crippen molar-refractivity contribution in [3.63, 3.8) is 0 Å². The maximum Gasteiger partial charge on any atom is 0.246 e. The standard InChI is InChI=1S/C18H20N6O/c1-13-8-9-15(12-20-13)10-11-19-18(25)14(2)24-22-17(21-23-24)16-6-4-3-5-7-16/h3-9,12,14H,10-11H2,1-2H3,(H,19,25)/t14-/m1/s1. The van der Waals surface area contributed by atoms with Gasteiger partial charge in [-0.2, -0.15) is 4.80 Å². The molecule has 0 radical (unpaired) electrons. The van der Waals surface area contributed by atoms with Gasteiger partial charge < -0.3 is 5.32 Å². The van der Waals surface area contributed by atoms with Crippen LogP contribution in [0.25, 0.3) is 11.4 Å². The number of carbonyl (C=O) groups is 1. The Bertz CT molecular complexity index is 828. The van der Waals surface area contributed by atoms with E-state index in [4.69, 9.17) is 0 Å². The third-order valence-electron chi connectivity index (χ3n) is 3.87. The van der Waals surface area contributed by atoms with Gasteiger partial charge in [0.1, 0.15) is 6.04 Å². The van der Waals surface area contributed by atoms with Crippen molar-refractivity contribution in [2.45, 2.75) is 26.3 Å². The molecule has 25 heavy (non-hydrogen) atoms. The number of rotatable bonds is 6. The molecule has 2 heterocycles. The lowest BCUT2D eigenvalue weighted by atomic mass is 10.2. The predicted octanol–water partition coefficient (Wildman–Crippen LogP) is 1.96. The first-order chi connectivity index (χ1) is 12.1. The first-order valence-corrected chi connectivity index (χ1v) is 8.17. The van der Waals surface area contributed by atoms with E-state index in [9.17, 15) is 4.79 Å². The van der Waals surface area contributed by atoms with Gasteiger partial charge in [0.05, 0.1) is 0 Å². The van der Waals surface area contributed by atoms with E-state index in [1.54, 1.807) is 6.92 Å². The normalized spacial score (nSPS) is 11.9. The number of benzene rings is 1. The summed E-state index contributed by atoms with van der Waals surface area (Å²) >= 11 is 0. The number of hydrogen-bond acceptors (Lipinski definition) is 5. The van der Waals surface area contributed by atoms with Crippen molar-refractivity contribution in [3.8, 4) is 11.4 Å². The Morgan fingerprint density at radius 3 is 2.72 bits per heavy atom.